The number of methoxy groups -OCH3 is 1. The zero-order valence-electron chi connectivity index (χ0n) is 12.3. The van der Waals surface area contributed by atoms with Gasteiger partial charge in [0.2, 0.25) is 5.13 Å². The molecular weight excluding hydrogens is 282 g/mol. The van der Waals surface area contributed by atoms with E-state index in [2.05, 4.69) is 22.1 Å². The van der Waals surface area contributed by atoms with Gasteiger partial charge in [0.15, 0.2) is 0 Å². The summed E-state index contributed by atoms with van der Waals surface area (Å²) < 4.78 is 5.15. The number of aromatic nitrogens is 1. The van der Waals surface area contributed by atoms with Gasteiger partial charge in [0.1, 0.15) is 5.75 Å². The number of hydrogen-bond donors (Lipinski definition) is 1. The lowest BCUT2D eigenvalue weighted by molar-refractivity contribution is 0.415. The van der Waals surface area contributed by atoms with Crippen LogP contribution < -0.4 is 10.2 Å². The number of thiazole rings is 1. The third-order valence-electron chi connectivity index (χ3n) is 2.94. The molecule has 0 aliphatic carbocycles. The Morgan fingerprint density at radius 3 is 2.86 bits per heavy atom. The molecule has 5 heteroatoms. The Balaban J connectivity index is 2.02. The van der Waals surface area contributed by atoms with Crippen LogP contribution in [0.3, 0.4) is 0 Å². The summed E-state index contributed by atoms with van der Waals surface area (Å²) in [5.41, 5.74) is 6.04. The number of nitrogens with one attached hydrogen (secondary N) is 1. The molecular formula is C16H19N3OS. The Bertz CT molecular complexity index is 617. The molecule has 4 nitrogen and oxygen atoms in total. The van der Waals surface area contributed by atoms with E-state index in [1.54, 1.807) is 7.11 Å². The maximum Gasteiger partial charge on any atom is 0.203 e. The van der Waals surface area contributed by atoms with Crippen molar-refractivity contribution in [1.82, 2.24) is 4.98 Å². The maximum atomic E-state index is 5.15. The van der Waals surface area contributed by atoms with Crippen LogP contribution in [0.15, 0.2) is 47.4 Å². The second-order valence-electron chi connectivity index (χ2n) is 4.55. The molecule has 2 rings (SSSR count). The van der Waals surface area contributed by atoms with Crippen molar-refractivity contribution < 1.29 is 4.74 Å². The Morgan fingerprint density at radius 1 is 1.43 bits per heavy atom. The number of nitrogens with zero attached hydrogens (tertiary/aromatic N) is 2. The van der Waals surface area contributed by atoms with E-state index >= 15 is 0 Å². The van der Waals surface area contributed by atoms with Crippen LogP contribution >= 0.6 is 11.3 Å². The lowest BCUT2D eigenvalue weighted by Crippen LogP contribution is -1.96. The SMILES string of the molecule is C=CCC/C(C)=N/Nc1nc(-c2ccc(OC)cc2)cs1. The van der Waals surface area contributed by atoms with Crippen molar-refractivity contribution in [3.05, 3.63) is 42.3 Å². The van der Waals surface area contributed by atoms with Crippen molar-refractivity contribution in [2.75, 3.05) is 12.5 Å². The van der Waals surface area contributed by atoms with E-state index in [0.717, 1.165) is 40.7 Å². The zero-order chi connectivity index (χ0) is 15.1. The predicted molar refractivity (Wildman–Crippen MR) is 90.3 cm³/mol. The molecule has 0 fully saturated rings. The fraction of sp³-hybridized carbons (Fsp3) is 0.250. The van der Waals surface area contributed by atoms with Crippen LogP contribution in [0.1, 0.15) is 19.8 Å². The minimum atomic E-state index is 0.791. The van der Waals surface area contributed by atoms with E-state index in [1.165, 1.54) is 11.3 Å². The molecule has 0 amide bonds. The van der Waals surface area contributed by atoms with Gasteiger partial charge in [-0.25, -0.2) is 4.98 Å². The quantitative estimate of drug-likeness (QED) is 0.463. The molecule has 0 unspecified atom stereocenters. The van der Waals surface area contributed by atoms with Gasteiger partial charge in [-0.3, -0.25) is 5.43 Å². The second-order valence-corrected chi connectivity index (χ2v) is 5.41. The zero-order valence-corrected chi connectivity index (χ0v) is 13.1. The molecule has 0 atom stereocenters. The highest BCUT2D eigenvalue weighted by Crippen LogP contribution is 2.26. The minimum absolute atomic E-state index is 0.791. The molecule has 1 aromatic heterocycles. The lowest BCUT2D eigenvalue weighted by atomic mass is 10.2. The Hall–Kier alpha value is -2.14. The molecule has 0 spiro atoms. The van der Waals surface area contributed by atoms with E-state index in [9.17, 15) is 0 Å². The minimum Gasteiger partial charge on any atom is -0.497 e. The molecule has 2 aromatic rings. The summed E-state index contributed by atoms with van der Waals surface area (Å²) in [5.74, 6) is 0.842. The van der Waals surface area contributed by atoms with Crippen LogP contribution in [0, 0.1) is 0 Å². The second kappa shape index (κ2) is 7.59. The average Bonchev–Trinajstić information content (AvgIpc) is 3.00. The van der Waals surface area contributed by atoms with Gasteiger partial charge >= 0.3 is 0 Å². The number of anilines is 1. The van der Waals surface area contributed by atoms with Crippen LogP contribution in [0.25, 0.3) is 11.3 Å². The van der Waals surface area contributed by atoms with Crippen LogP contribution in [0.4, 0.5) is 5.13 Å². The summed E-state index contributed by atoms with van der Waals surface area (Å²) in [6.07, 6.45) is 3.74. The Labute approximate surface area is 129 Å². The van der Waals surface area contributed by atoms with E-state index in [-0.39, 0.29) is 0 Å². The van der Waals surface area contributed by atoms with E-state index in [4.69, 9.17) is 4.74 Å². The van der Waals surface area contributed by atoms with Gasteiger partial charge in [0.25, 0.3) is 0 Å². The number of hydrazone groups is 1. The average molecular weight is 301 g/mol. The Morgan fingerprint density at radius 2 is 2.19 bits per heavy atom. The number of ether oxygens (including phenoxy) is 1. The van der Waals surface area contributed by atoms with Crippen molar-refractivity contribution in [2.24, 2.45) is 5.10 Å². The maximum absolute atomic E-state index is 5.15. The lowest BCUT2D eigenvalue weighted by Gasteiger charge is -2.00. The van der Waals surface area contributed by atoms with Gasteiger partial charge in [-0.05, 0) is 44.0 Å². The van der Waals surface area contributed by atoms with Gasteiger partial charge < -0.3 is 4.74 Å². The smallest absolute Gasteiger partial charge is 0.203 e. The summed E-state index contributed by atoms with van der Waals surface area (Å²) in [4.78, 5) is 4.53. The molecule has 0 saturated carbocycles. The summed E-state index contributed by atoms with van der Waals surface area (Å²) in [7, 11) is 1.66. The number of benzene rings is 1. The van der Waals surface area contributed by atoms with Crippen molar-refractivity contribution in [3.63, 3.8) is 0 Å². The molecule has 110 valence electrons. The third kappa shape index (κ3) is 4.43. The molecule has 21 heavy (non-hydrogen) atoms. The standard InChI is InChI=1S/C16H19N3OS/c1-4-5-6-12(2)18-19-16-17-15(11-21-16)13-7-9-14(20-3)10-8-13/h4,7-11H,1,5-6H2,2-3H3,(H,17,19)/b18-12+. The van der Waals surface area contributed by atoms with Crippen LogP contribution in [-0.4, -0.2) is 17.8 Å². The van der Waals surface area contributed by atoms with E-state index in [0.29, 0.717) is 0 Å². The topological polar surface area (TPSA) is 46.5 Å². The van der Waals surface area contributed by atoms with E-state index < -0.39 is 0 Å². The van der Waals surface area contributed by atoms with E-state index in [1.807, 2.05) is 42.6 Å². The van der Waals surface area contributed by atoms with Crippen molar-refractivity contribution in [3.8, 4) is 17.0 Å². The highest BCUT2D eigenvalue weighted by atomic mass is 32.1. The molecule has 0 radical (unpaired) electrons. The van der Waals surface area contributed by atoms with Crippen LogP contribution in [0.2, 0.25) is 0 Å². The fourth-order valence-electron chi connectivity index (χ4n) is 1.73. The van der Waals surface area contributed by atoms with Crippen LogP contribution in [0.5, 0.6) is 5.75 Å². The summed E-state index contributed by atoms with van der Waals surface area (Å²) in [6, 6.07) is 7.85. The molecule has 0 bridgehead atoms. The fourth-order valence-corrected chi connectivity index (χ4v) is 2.39. The van der Waals surface area contributed by atoms with Gasteiger partial charge in [-0.15, -0.1) is 17.9 Å². The summed E-state index contributed by atoms with van der Waals surface area (Å²) in [6.45, 7) is 5.70. The molecule has 0 aliphatic rings. The highest BCUT2D eigenvalue weighted by molar-refractivity contribution is 7.14. The molecule has 1 aromatic carbocycles. The molecule has 1 N–H and O–H groups in total. The number of rotatable bonds is 7. The third-order valence-corrected chi connectivity index (χ3v) is 3.69. The number of allylic oxidation sites excluding steroid dienone is 1. The largest absolute Gasteiger partial charge is 0.497 e. The normalized spacial score (nSPS) is 11.2. The highest BCUT2D eigenvalue weighted by Gasteiger charge is 2.04. The first kappa shape index (κ1) is 15.3. The summed E-state index contributed by atoms with van der Waals surface area (Å²) >= 11 is 1.54. The van der Waals surface area contributed by atoms with Gasteiger partial charge in [0.05, 0.1) is 12.8 Å². The van der Waals surface area contributed by atoms with Crippen molar-refractivity contribution in [1.29, 1.82) is 0 Å². The first-order chi connectivity index (χ1) is 10.2. The molecule has 0 saturated heterocycles. The van der Waals surface area contributed by atoms with Crippen molar-refractivity contribution in [2.45, 2.75) is 19.8 Å². The predicted octanol–water partition coefficient (Wildman–Crippen LogP) is 4.57. The summed E-state index contributed by atoms with van der Waals surface area (Å²) in [5, 5.41) is 7.12. The van der Waals surface area contributed by atoms with Gasteiger partial charge in [0, 0.05) is 16.7 Å². The Kier molecular flexibility index (Phi) is 5.51. The number of hydrogen-bond acceptors (Lipinski definition) is 5. The first-order valence-corrected chi connectivity index (χ1v) is 7.61. The molecule has 0 aliphatic heterocycles. The van der Waals surface area contributed by atoms with Crippen LogP contribution in [-0.2, 0) is 0 Å². The van der Waals surface area contributed by atoms with Crippen molar-refractivity contribution >= 4 is 22.2 Å². The first-order valence-electron chi connectivity index (χ1n) is 6.73. The monoisotopic (exact) mass is 301 g/mol. The van der Waals surface area contributed by atoms with Gasteiger partial charge in [-0.1, -0.05) is 6.08 Å². The molecule has 1 heterocycles. The van der Waals surface area contributed by atoms with Gasteiger partial charge in [-0.2, -0.15) is 5.10 Å².